The molecule has 0 aromatic heterocycles. The van der Waals surface area contributed by atoms with E-state index < -0.39 is 28.5 Å². The molecule has 0 spiro atoms. The normalized spacial score (nSPS) is 20.4. The number of carbonyl (C=O) groups excluding carboxylic acids is 3. The molecule has 0 unspecified atom stereocenters. The van der Waals surface area contributed by atoms with E-state index in [2.05, 4.69) is 10.6 Å². The van der Waals surface area contributed by atoms with E-state index >= 15 is 0 Å². The maximum atomic E-state index is 13.7. The van der Waals surface area contributed by atoms with Crippen molar-refractivity contribution in [1.29, 1.82) is 0 Å². The van der Waals surface area contributed by atoms with Crippen molar-refractivity contribution >= 4 is 17.3 Å². The van der Waals surface area contributed by atoms with Gasteiger partial charge in [0.15, 0.2) is 17.3 Å². The van der Waals surface area contributed by atoms with Crippen LogP contribution in [0, 0.1) is 6.92 Å². The monoisotopic (exact) mass is 471 g/mol. The average Bonchev–Trinajstić information content (AvgIpc) is 3.07. The first-order valence-electron chi connectivity index (χ1n) is 11.5. The van der Waals surface area contributed by atoms with E-state index in [0.29, 0.717) is 18.8 Å². The molecule has 1 atom stereocenters. The molecule has 1 aromatic rings. The number of hydrogen-bond donors (Lipinski definition) is 5. The number of ketones is 3. The number of Topliss-reactive ketones (excluding diaryl/α,β-unsaturated/α-hetero) is 2. The Kier molecular flexibility index (Phi) is 7.48. The summed E-state index contributed by atoms with van der Waals surface area (Å²) in [6, 6.07) is 0. The van der Waals surface area contributed by atoms with Crippen molar-refractivity contribution in [2.24, 2.45) is 5.73 Å². The van der Waals surface area contributed by atoms with Crippen LogP contribution < -0.4 is 21.1 Å². The lowest BCUT2D eigenvalue weighted by molar-refractivity contribution is -0.123. The van der Waals surface area contributed by atoms with E-state index in [9.17, 15) is 24.6 Å². The molecule has 34 heavy (non-hydrogen) atoms. The Morgan fingerprint density at radius 2 is 1.74 bits per heavy atom. The summed E-state index contributed by atoms with van der Waals surface area (Å²) in [5, 5.41) is 27.7. The molecule has 0 amide bonds. The van der Waals surface area contributed by atoms with Crippen LogP contribution in [0.2, 0.25) is 0 Å². The fraction of sp³-hybridized carbons (Fsp3) is 0.480. The zero-order valence-corrected chi connectivity index (χ0v) is 20.1. The maximum Gasteiger partial charge on any atom is 0.194 e. The van der Waals surface area contributed by atoms with Gasteiger partial charge >= 0.3 is 0 Å². The molecule has 184 valence electrons. The largest absolute Gasteiger partial charge is 0.507 e. The number of benzene rings is 1. The van der Waals surface area contributed by atoms with Crippen molar-refractivity contribution < 1.29 is 29.3 Å². The van der Waals surface area contributed by atoms with Crippen LogP contribution in [-0.2, 0) is 15.0 Å². The topological polar surface area (TPSA) is 151 Å². The lowest BCUT2D eigenvalue weighted by Gasteiger charge is -2.29. The number of rotatable bonds is 10. The molecular formula is C25H33N3O6. The lowest BCUT2D eigenvalue weighted by atomic mass is 9.70. The number of aromatic hydroxyl groups is 2. The van der Waals surface area contributed by atoms with Crippen LogP contribution in [0.5, 0.6) is 17.2 Å². The predicted molar refractivity (Wildman–Crippen MR) is 127 cm³/mol. The van der Waals surface area contributed by atoms with Crippen molar-refractivity contribution in [3.8, 4) is 17.2 Å². The van der Waals surface area contributed by atoms with Crippen molar-refractivity contribution in [2.45, 2.75) is 52.4 Å². The van der Waals surface area contributed by atoms with E-state index in [4.69, 9.17) is 10.5 Å². The van der Waals surface area contributed by atoms with Crippen LogP contribution in [-0.4, -0.2) is 53.7 Å². The van der Waals surface area contributed by atoms with E-state index in [0.717, 1.165) is 32.4 Å². The van der Waals surface area contributed by atoms with Crippen LogP contribution in [0.4, 0.5) is 0 Å². The van der Waals surface area contributed by atoms with Gasteiger partial charge in [0, 0.05) is 23.9 Å². The molecule has 3 rings (SSSR count). The second-order valence-corrected chi connectivity index (χ2v) is 8.91. The third-order valence-corrected chi connectivity index (χ3v) is 6.49. The highest BCUT2D eigenvalue weighted by Gasteiger charge is 2.56. The smallest absolute Gasteiger partial charge is 0.194 e. The first-order valence-corrected chi connectivity index (χ1v) is 11.5. The van der Waals surface area contributed by atoms with Crippen LogP contribution in [0.25, 0.3) is 0 Å². The highest BCUT2D eigenvalue weighted by atomic mass is 16.5. The Morgan fingerprint density at radius 1 is 1.09 bits per heavy atom. The Labute approximate surface area is 199 Å². The van der Waals surface area contributed by atoms with Crippen LogP contribution >= 0.6 is 0 Å². The molecule has 0 fully saturated rings. The first kappa shape index (κ1) is 25.5. The van der Waals surface area contributed by atoms with Crippen LogP contribution in [0.1, 0.15) is 61.5 Å². The zero-order valence-electron chi connectivity index (χ0n) is 20.1. The van der Waals surface area contributed by atoms with E-state index in [1.807, 2.05) is 0 Å². The van der Waals surface area contributed by atoms with Gasteiger partial charge in [0.2, 0.25) is 0 Å². The average molecular weight is 472 g/mol. The number of hydrogen-bond acceptors (Lipinski definition) is 9. The Hall–Kier alpha value is -3.17. The van der Waals surface area contributed by atoms with Crippen molar-refractivity contribution in [2.75, 3.05) is 26.2 Å². The van der Waals surface area contributed by atoms with Gasteiger partial charge in [-0.1, -0.05) is 0 Å². The molecule has 1 aliphatic carbocycles. The van der Waals surface area contributed by atoms with E-state index in [1.54, 1.807) is 13.8 Å². The van der Waals surface area contributed by atoms with Gasteiger partial charge < -0.3 is 31.3 Å². The molecular weight excluding hydrogens is 438 g/mol. The number of phenolic OH excluding ortho intramolecular Hbond substituents is 2. The lowest BCUT2D eigenvalue weighted by Crippen LogP contribution is -2.41. The minimum absolute atomic E-state index is 0.0155. The number of fused-ring (bicyclic) bond motifs is 3. The molecule has 2 aliphatic rings. The van der Waals surface area contributed by atoms with Gasteiger partial charge in [-0.25, -0.2) is 0 Å². The fourth-order valence-corrected chi connectivity index (χ4v) is 4.45. The highest BCUT2D eigenvalue weighted by molar-refractivity contribution is 6.31. The summed E-state index contributed by atoms with van der Waals surface area (Å²) in [6.45, 7) is 8.92. The quantitative estimate of drug-likeness (QED) is 0.149. The number of nitrogens with one attached hydrogen (secondary N) is 2. The standard InChI is InChI=1S/C25H33N3O6/c1-13-21(31)19(15(3)29)23-20(22(13)32)25(4)17(34-23)12-16(30)18(24(25)33)14(2)28-11-6-5-9-27-10-7-8-26/h12,27-28,31-32H,5-11,26H2,1-4H3/b18-14+/t25-/m0/s1. The Balaban J connectivity index is 1.89. The highest BCUT2D eigenvalue weighted by Crippen LogP contribution is 2.57. The third kappa shape index (κ3) is 4.21. The minimum atomic E-state index is -1.50. The molecule has 9 nitrogen and oxygen atoms in total. The molecule has 9 heteroatoms. The molecule has 1 heterocycles. The third-order valence-electron chi connectivity index (χ3n) is 6.49. The van der Waals surface area contributed by atoms with Crippen LogP contribution in [0.3, 0.4) is 0 Å². The Bertz CT molecular complexity index is 1100. The molecule has 0 bridgehead atoms. The summed E-state index contributed by atoms with van der Waals surface area (Å²) < 4.78 is 5.77. The molecule has 0 saturated carbocycles. The molecule has 0 saturated heterocycles. The van der Waals surface area contributed by atoms with Gasteiger partial charge in [0.1, 0.15) is 34.0 Å². The molecule has 0 radical (unpaired) electrons. The van der Waals surface area contributed by atoms with E-state index in [1.165, 1.54) is 19.9 Å². The molecule has 6 N–H and O–H groups in total. The van der Waals surface area contributed by atoms with Crippen molar-refractivity contribution in [3.63, 3.8) is 0 Å². The first-order chi connectivity index (χ1) is 16.1. The number of phenols is 2. The van der Waals surface area contributed by atoms with Crippen LogP contribution in [0.15, 0.2) is 23.1 Å². The van der Waals surface area contributed by atoms with Gasteiger partial charge in [-0.15, -0.1) is 0 Å². The summed E-state index contributed by atoms with van der Waals surface area (Å²) >= 11 is 0. The number of carbonyl (C=O) groups is 3. The van der Waals surface area contributed by atoms with Crippen molar-refractivity contribution in [3.05, 3.63) is 39.8 Å². The SMILES string of the molecule is CC(=O)c1c(O)c(C)c(O)c2c1OC1=CC(=O)/C(=C(/C)NCCCCNCCCN)C(=O)[C@@]12C. The number of ether oxygens (including phenoxy) is 1. The van der Waals surface area contributed by atoms with Gasteiger partial charge in [0.25, 0.3) is 0 Å². The predicted octanol–water partition coefficient (Wildman–Crippen LogP) is 1.88. The fourth-order valence-electron chi connectivity index (χ4n) is 4.45. The second kappa shape index (κ2) is 9.99. The summed E-state index contributed by atoms with van der Waals surface area (Å²) in [5.41, 5.74) is 4.43. The molecule has 1 aromatic carbocycles. The number of allylic oxidation sites excluding steroid dienone is 4. The van der Waals surface area contributed by atoms with Gasteiger partial charge in [-0.3, -0.25) is 14.4 Å². The summed E-state index contributed by atoms with van der Waals surface area (Å²) in [5.74, 6) is -2.32. The maximum absolute atomic E-state index is 13.7. The zero-order chi connectivity index (χ0) is 25.2. The Morgan fingerprint density at radius 3 is 2.38 bits per heavy atom. The summed E-state index contributed by atoms with van der Waals surface area (Å²) in [7, 11) is 0. The second-order valence-electron chi connectivity index (χ2n) is 8.91. The summed E-state index contributed by atoms with van der Waals surface area (Å²) in [4.78, 5) is 38.8. The minimum Gasteiger partial charge on any atom is -0.507 e. The summed E-state index contributed by atoms with van der Waals surface area (Å²) in [6.07, 6.45) is 3.92. The van der Waals surface area contributed by atoms with Gasteiger partial charge in [-0.05, 0) is 66.6 Å². The number of unbranched alkanes of at least 4 members (excludes halogenated alkanes) is 1. The number of nitrogens with two attached hydrogens (primary N) is 1. The van der Waals surface area contributed by atoms with Gasteiger partial charge in [-0.2, -0.15) is 0 Å². The van der Waals surface area contributed by atoms with E-state index in [-0.39, 0.29) is 39.5 Å². The molecule has 1 aliphatic heterocycles. The van der Waals surface area contributed by atoms with Gasteiger partial charge in [0.05, 0.1) is 11.1 Å². The van der Waals surface area contributed by atoms with Crippen molar-refractivity contribution in [1.82, 2.24) is 10.6 Å².